The maximum absolute atomic E-state index is 5.39. The highest BCUT2D eigenvalue weighted by atomic mass is 32.1. The number of hydrogen-bond acceptors (Lipinski definition) is 6. The summed E-state index contributed by atoms with van der Waals surface area (Å²) in [6.45, 7) is 2.05. The molecule has 3 aromatic rings. The molecule has 130 valence electrons. The third-order valence-electron chi connectivity index (χ3n) is 3.80. The number of aromatic nitrogens is 1. The molecule has 2 aromatic carbocycles. The van der Waals surface area contributed by atoms with Crippen molar-refractivity contribution in [2.24, 2.45) is 0 Å². The van der Waals surface area contributed by atoms with Gasteiger partial charge >= 0.3 is 0 Å². The van der Waals surface area contributed by atoms with Gasteiger partial charge in [-0.3, -0.25) is 0 Å². The van der Waals surface area contributed by atoms with Crippen LogP contribution in [-0.2, 0) is 0 Å². The lowest BCUT2D eigenvalue weighted by atomic mass is 10.1. The zero-order valence-electron chi connectivity index (χ0n) is 14.6. The molecule has 0 fully saturated rings. The first kappa shape index (κ1) is 17.1. The summed E-state index contributed by atoms with van der Waals surface area (Å²) in [7, 11) is 4.91. The summed E-state index contributed by atoms with van der Waals surface area (Å²) >= 11 is 1.60. The molecule has 0 aliphatic carbocycles. The molecule has 1 aromatic heterocycles. The fourth-order valence-electron chi connectivity index (χ4n) is 2.56. The number of benzene rings is 2. The predicted octanol–water partition coefficient (Wildman–Crippen LogP) is 4.89. The minimum absolute atomic E-state index is 0.687. The summed E-state index contributed by atoms with van der Waals surface area (Å²) in [4.78, 5) is 5.85. The van der Waals surface area contributed by atoms with Crippen molar-refractivity contribution in [2.45, 2.75) is 6.92 Å². The molecular weight excluding hydrogens is 336 g/mol. The van der Waals surface area contributed by atoms with E-state index in [1.165, 1.54) is 0 Å². The quantitative estimate of drug-likeness (QED) is 0.682. The maximum Gasteiger partial charge on any atom is 0.188 e. The Bertz CT molecular complexity index is 877. The zero-order valence-corrected chi connectivity index (χ0v) is 15.4. The van der Waals surface area contributed by atoms with Crippen molar-refractivity contribution < 1.29 is 14.2 Å². The monoisotopic (exact) mass is 356 g/mol. The van der Waals surface area contributed by atoms with E-state index in [-0.39, 0.29) is 0 Å². The summed E-state index contributed by atoms with van der Waals surface area (Å²) in [6.07, 6.45) is 0. The first-order chi connectivity index (χ1) is 12.2. The van der Waals surface area contributed by atoms with E-state index in [9.17, 15) is 0 Å². The molecule has 1 heterocycles. The number of rotatable bonds is 6. The van der Waals surface area contributed by atoms with Crippen molar-refractivity contribution >= 4 is 22.2 Å². The second-order valence-electron chi connectivity index (χ2n) is 5.32. The minimum atomic E-state index is 0.687. The summed E-state index contributed by atoms with van der Waals surface area (Å²) in [5, 5.41) is 4.14. The molecule has 3 rings (SSSR count). The number of methoxy groups -OCH3 is 3. The number of nitrogens with one attached hydrogen (secondary N) is 1. The average molecular weight is 356 g/mol. The van der Waals surface area contributed by atoms with Crippen LogP contribution >= 0.6 is 11.3 Å². The Hall–Kier alpha value is -2.73. The van der Waals surface area contributed by atoms with Gasteiger partial charge in [0.25, 0.3) is 0 Å². The number of para-hydroxylation sites is 2. The number of ether oxygens (including phenoxy) is 3. The highest BCUT2D eigenvalue weighted by molar-refractivity contribution is 7.16. The van der Waals surface area contributed by atoms with Gasteiger partial charge in [-0.15, -0.1) is 11.3 Å². The molecule has 1 N–H and O–H groups in total. The highest BCUT2D eigenvalue weighted by Crippen LogP contribution is 2.37. The van der Waals surface area contributed by atoms with E-state index in [0.29, 0.717) is 11.5 Å². The van der Waals surface area contributed by atoms with Gasteiger partial charge in [0.05, 0.1) is 32.7 Å². The molecule has 5 nitrogen and oxygen atoms in total. The van der Waals surface area contributed by atoms with Gasteiger partial charge < -0.3 is 19.5 Å². The summed E-state index contributed by atoms with van der Waals surface area (Å²) in [5.41, 5.74) is 2.79. The second kappa shape index (κ2) is 7.44. The predicted molar refractivity (Wildman–Crippen MR) is 102 cm³/mol. The Morgan fingerprint density at radius 3 is 2.32 bits per heavy atom. The van der Waals surface area contributed by atoms with Crippen LogP contribution in [0.2, 0.25) is 0 Å². The molecule has 6 heteroatoms. The highest BCUT2D eigenvalue weighted by Gasteiger charge is 2.14. The van der Waals surface area contributed by atoms with E-state index in [0.717, 1.165) is 32.7 Å². The Morgan fingerprint density at radius 2 is 1.60 bits per heavy atom. The number of anilines is 2. The van der Waals surface area contributed by atoms with Crippen molar-refractivity contribution in [1.82, 2.24) is 4.98 Å². The van der Waals surface area contributed by atoms with Crippen LogP contribution in [0.15, 0.2) is 42.5 Å². The van der Waals surface area contributed by atoms with Crippen molar-refractivity contribution in [3.63, 3.8) is 0 Å². The lowest BCUT2D eigenvalue weighted by Crippen LogP contribution is -1.94. The topological polar surface area (TPSA) is 52.6 Å². The molecule has 0 unspecified atom stereocenters. The summed E-state index contributed by atoms with van der Waals surface area (Å²) in [6, 6.07) is 13.6. The Balaban J connectivity index is 1.93. The van der Waals surface area contributed by atoms with E-state index >= 15 is 0 Å². The van der Waals surface area contributed by atoms with Gasteiger partial charge in [-0.05, 0) is 37.3 Å². The lowest BCUT2D eigenvalue weighted by molar-refractivity contribution is 0.355. The molecule has 0 amide bonds. The van der Waals surface area contributed by atoms with Crippen LogP contribution in [0.3, 0.4) is 0 Å². The summed E-state index contributed by atoms with van der Waals surface area (Å²) < 4.78 is 16.1. The van der Waals surface area contributed by atoms with Crippen molar-refractivity contribution in [2.75, 3.05) is 26.6 Å². The molecule has 0 aliphatic heterocycles. The molecule has 0 saturated heterocycles. The molecule has 0 aliphatic rings. The van der Waals surface area contributed by atoms with Gasteiger partial charge in [0.15, 0.2) is 16.6 Å². The normalized spacial score (nSPS) is 10.4. The molecule has 0 radical (unpaired) electrons. The molecule has 0 spiro atoms. The molecule has 0 saturated carbocycles. The van der Waals surface area contributed by atoms with Gasteiger partial charge in [-0.2, -0.15) is 0 Å². The van der Waals surface area contributed by atoms with Gasteiger partial charge in [0, 0.05) is 10.4 Å². The number of hydrogen-bond donors (Lipinski definition) is 1. The van der Waals surface area contributed by atoms with Crippen molar-refractivity contribution in [3.8, 4) is 28.5 Å². The van der Waals surface area contributed by atoms with Crippen LogP contribution in [0, 0.1) is 6.92 Å². The number of aryl methyl sites for hydroxylation is 1. The van der Waals surface area contributed by atoms with Crippen LogP contribution in [0.5, 0.6) is 17.2 Å². The van der Waals surface area contributed by atoms with E-state index in [2.05, 4.69) is 12.2 Å². The van der Waals surface area contributed by atoms with E-state index < -0.39 is 0 Å². The van der Waals surface area contributed by atoms with Crippen molar-refractivity contribution in [1.29, 1.82) is 0 Å². The minimum Gasteiger partial charge on any atom is -0.495 e. The van der Waals surface area contributed by atoms with Crippen LogP contribution in [0.25, 0.3) is 11.3 Å². The van der Waals surface area contributed by atoms with Crippen LogP contribution in [-0.4, -0.2) is 26.3 Å². The third-order valence-corrected chi connectivity index (χ3v) is 4.69. The van der Waals surface area contributed by atoms with E-state index in [1.807, 2.05) is 42.5 Å². The first-order valence-corrected chi connectivity index (χ1v) is 8.57. The standard InChI is InChI=1S/C19H20N2O3S/c1-12-18(13-9-10-16(23-3)17(11-13)24-4)21-19(25-12)20-14-7-5-6-8-15(14)22-2/h5-11H,1-4H3,(H,20,21). The summed E-state index contributed by atoms with van der Waals surface area (Å²) in [5.74, 6) is 2.17. The van der Waals surface area contributed by atoms with Gasteiger partial charge in [-0.25, -0.2) is 4.98 Å². The Morgan fingerprint density at radius 1 is 0.880 bits per heavy atom. The Kier molecular flexibility index (Phi) is 5.09. The number of thiazole rings is 1. The smallest absolute Gasteiger partial charge is 0.188 e. The van der Waals surface area contributed by atoms with Gasteiger partial charge in [0.2, 0.25) is 0 Å². The van der Waals surface area contributed by atoms with E-state index in [4.69, 9.17) is 19.2 Å². The Labute approximate surface area is 151 Å². The average Bonchev–Trinajstić information content (AvgIpc) is 3.01. The van der Waals surface area contributed by atoms with Crippen LogP contribution < -0.4 is 19.5 Å². The van der Waals surface area contributed by atoms with Crippen LogP contribution in [0.4, 0.5) is 10.8 Å². The second-order valence-corrected chi connectivity index (χ2v) is 6.52. The maximum atomic E-state index is 5.39. The molecule has 0 bridgehead atoms. The zero-order chi connectivity index (χ0) is 17.8. The molecule has 25 heavy (non-hydrogen) atoms. The SMILES string of the molecule is COc1ccccc1Nc1nc(-c2ccc(OC)c(OC)c2)c(C)s1. The van der Waals surface area contributed by atoms with Crippen LogP contribution in [0.1, 0.15) is 4.88 Å². The molecular formula is C19H20N2O3S. The fourth-order valence-corrected chi connectivity index (χ4v) is 3.41. The largest absolute Gasteiger partial charge is 0.495 e. The van der Waals surface area contributed by atoms with Gasteiger partial charge in [0.1, 0.15) is 5.75 Å². The third kappa shape index (κ3) is 3.53. The first-order valence-electron chi connectivity index (χ1n) is 7.76. The lowest BCUT2D eigenvalue weighted by Gasteiger charge is -2.09. The fraction of sp³-hybridized carbons (Fsp3) is 0.211. The van der Waals surface area contributed by atoms with E-state index in [1.54, 1.807) is 32.7 Å². The van der Waals surface area contributed by atoms with Crippen molar-refractivity contribution in [3.05, 3.63) is 47.3 Å². The number of nitrogens with zero attached hydrogens (tertiary/aromatic N) is 1. The molecule has 0 atom stereocenters. The van der Waals surface area contributed by atoms with Gasteiger partial charge in [-0.1, -0.05) is 12.1 Å².